The summed E-state index contributed by atoms with van der Waals surface area (Å²) in [5, 5.41) is 3.35. The zero-order chi connectivity index (χ0) is 11.8. The van der Waals surface area contributed by atoms with Crippen molar-refractivity contribution in [1.82, 2.24) is 10.2 Å². The van der Waals surface area contributed by atoms with E-state index in [1.165, 1.54) is 0 Å². The van der Waals surface area contributed by atoms with Crippen LogP contribution in [0.25, 0.3) is 0 Å². The van der Waals surface area contributed by atoms with Crippen LogP contribution in [0.5, 0.6) is 0 Å². The molecular weight excluding hydrogens is 214 g/mol. The van der Waals surface area contributed by atoms with E-state index in [-0.39, 0.29) is 5.91 Å². The van der Waals surface area contributed by atoms with Gasteiger partial charge in [-0.2, -0.15) is 0 Å². The lowest BCUT2D eigenvalue weighted by atomic mass is 10.1. The lowest BCUT2D eigenvalue weighted by Gasteiger charge is -2.31. The van der Waals surface area contributed by atoms with Gasteiger partial charge in [0.1, 0.15) is 0 Å². The van der Waals surface area contributed by atoms with E-state index in [2.05, 4.69) is 5.32 Å². The van der Waals surface area contributed by atoms with Gasteiger partial charge >= 0.3 is 0 Å². The molecule has 1 fully saturated rings. The zero-order valence-corrected chi connectivity index (χ0v) is 9.78. The fraction of sp³-hybridized carbons (Fsp3) is 0.462. The van der Waals surface area contributed by atoms with Crippen molar-refractivity contribution in [1.29, 1.82) is 0 Å². The number of nitrogens with zero attached hydrogens (tertiary/aromatic N) is 1. The maximum absolute atomic E-state index is 12.3. The molecule has 4 heteroatoms. The second-order valence-electron chi connectivity index (χ2n) is 4.81. The summed E-state index contributed by atoms with van der Waals surface area (Å²) in [5.74, 6) is 0.140. The smallest absolute Gasteiger partial charge is 0.254 e. The highest BCUT2D eigenvalue weighted by molar-refractivity contribution is 6.00. The third-order valence-electron chi connectivity index (χ3n) is 3.74. The molecule has 0 radical (unpaired) electrons. The molecule has 3 rings (SSSR count). The fourth-order valence-corrected chi connectivity index (χ4v) is 2.77. The first-order chi connectivity index (χ1) is 8.27. The average molecular weight is 231 g/mol. The molecule has 90 valence electrons. The van der Waals surface area contributed by atoms with Crippen molar-refractivity contribution in [2.45, 2.75) is 25.4 Å². The molecule has 1 atom stereocenters. The normalized spacial score (nSPS) is 23.9. The number of carbonyl (C=O) groups is 1. The third-order valence-corrected chi connectivity index (χ3v) is 3.74. The Hall–Kier alpha value is -1.55. The molecule has 2 aliphatic rings. The summed E-state index contributed by atoms with van der Waals surface area (Å²) in [6.45, 7) is 2.64. The summed E-state index contributed by atoms with van der Waals surface area (Å²) < 4.78 is 0. The summed E-state index contributed by atoms with van der Waals surface area (Å²) in [7, 11) is 0. The number of carbonyl (C=O) groups excluding carboxylic acids is 1. The van der Waals surface area contributed by atoms with Crippen molar-refractivity contribution >= 4 is 11.6 Å². The minimum Gasteiger partial charge on any atom is -0.398 e. The molecule has 0 unspecified atom stereocenters. The minimum absolute atomic E-state index is 0.140. The van der Waals surface area contributed by atoms with E-state index in [1.54, 1.807) is 0 Å². The third kappa shape index (κ3) is 1.69. The molecule has 17 heavy (non-hydrogen) atoms. The van der Waals surface area contributed by atoms with Crippen LogP contribution in [0.15, 0.2) is 18.2 Å². The Morgan fingerprint density at radius 2 is 2.29 bits per heavy atom. The van der Waals surface area contributed by atoms with Crippen LogP contribution >= 0.6 is 0 Å². The monoisotopic (exact) mass is 231 g/mol. The van der Waals surface area contributed by atoms with Crippen molar-refractivity contribution in [3.8, 4) is 0 Å². The van der Waals surface area contributed by atoms with Crippen LogP contribution in [0, 0.1) is 0 Å². The minimum atomic E-state index is 0.140. The van der Waals surface area contributed by atoms with Gasteiger partial charge in [0.2, 0.25) is 0 Å². The predicted molar refractivity (Wildman–Crippen MR) is 66.6 cm³/mol. The summed E-state index contributed by atoms with van der Waals surface area (Å²) in [5.41, 5.74) is 8.46. The number of rotatable bonds is 1. The highest BCUT2D eigenvalue weighted by atomic mass is 16.2. The molecule has 2 aliphatic heterocycles. The van der Waals surface area contributed by atoms with Crippen molar-refractivity contribution in [2.24, 2.45) is 0 Å². The molecule has 3 N–H and O–H groups in total. The molecule has 0 spiro atoms. The van der Waals surface area contributed by atoms with Crippen LogP contribution in [0.1, 0.15) is 28.8 Å². The molecule has 4 nitrogen and oxygen atoms in total. The Kier molecular flexibility index (Phi) is 2.52. The van der Waals surface area contributed by atoms with Gasteiger partial charge in [-0.1, -0.05) is 6.07 Å². The van der Waals surface area contributed by atoms with Gasteiger partial charge in [-0.25, -0.2) is 0 Å². The predicted octanol–water partition coefficient (Wildman–Crippen LogP) is 0.977. The Morgan fingerprint density at radius 3 is 3.00 bits per heavy atom. The summed E-state index contributed by atoms with van der Waals surface area (Å²) >= 11 is 0. The van der Waals surface area contributed by atoms with Gasteiger partial charge in [-0.05, 0) is 31.5 Å². The molecule has 2 heterocycles. The van der Waals surface area contributed by atoms with Crippen LogP contribution in [0.4, 0.5) is 5.69 Å². The Labute approximate surface area is 101 Å². The van der Waals surface area contributed by atoms with Crippen molar-refractivity contribution in [3.63, 3.8) is 0 Å². The van der Waals surface area contributed by atoms with Gasteiger partial charge in [0.05, 0.1) is 0 Å². The van der Waals surface area contributed by atoms with E-state index in [4.69, 9.17) is 5.73 Å². The molecule has 0 aromatic heterocycles. The first-order valence-corrected chi connectivity index (χ1v) is 6.16. The Balaban J connectivity index is 1.88. The van der Waals surface area contributed by atoms with Crippen LogP contribution in [-0.2, 0) is 6.54 Å². The number of nitrogen functional groups attached to an aromatic ring is 1. The average Bonchev–Trinajstić information content (AvgIpc) is 2.70. The van der Waals surface area contributed by atoms with Gasteiger partial charge in [0.25, 0.3) is 5.91 Å². The number of nitrogens with one attached hydrogen (secondary N) is 1. The highest BCUT2D eigenvalue weighted by Crippen LogP contribution is 2.30. The van der Waals surface area contributed by atoms with E-state index in [0.29, 0.717) is 12.6 Å². The van der Waals surface area contributed by atoms with E-state index in [9.17, 15) is 4.79 Å². The van der Waals surface area contributed by atoms with Crippen molar-refractivity contribution in [2.75, 3.05) is 18.8 Å². The second kappa shape index (κ2) is 4.04. The van der Waals surface area contributed by atoms with Crippen LogP contribution in [0.3, 0.4) is 0 Å². The topological polar surface area (TPSA) is 58.4 Å². The van der Waals surface area contributed by atoms with Crippen LogP contribution in [-0.4, -0.2) is 29.9 Å². The SMILES string of the molecule is Nc1cccc2c1CN([C@H]1CCCNC1)C2=O. The van der Waals surface area contributed by atoms with E-state index < -0.39 is 0 Å². The summed E-state index contributed by atoms with van der Waals surface area (Å²) in [4.78, 5) is 14.3. The number of hydrogen-bond acceptors (Lipinski definition) is 3. The lowest BCUT2D eigenvalue weighted by Crippen LogP contribution is -2.46. The summed E-state index contributed by atoms with van der Waals surface area (Å²) in [6.07, 6.45) is 2.23. The number of nitrogens with two attached hydrogens (primary N) is 1. The number of benzene rings is 1. The molecule has 0 aliphatic carbocycles. The number of fused-ring (bicyclic) bond motifs is 1. The van der Waals surface area contributed by atoms with E-state index in [1.807, 2.05) is 23.1 Å². The molecule has 0 saturated carbocycles. The maximum atomic E-state index is 12.3. The van der Waals surface area contributed by atoms with E-state index >= 15 is 0 Å². The number of amides is 1. The molecular formula is C13H17N3O. The lowest BCUT2D eigenvalue weighted by molar-refractivity contribution is 0.0675. The molecule has 1 aromatic carbocycles. The molecule has 1 saturated heterocycles. The Morgan fingerprint density at radius 1 is 1.41 bits per heavy atom. The van der Waals surface area contributed by atoms with Crippen LogP contribution in [0.2, 0.25) is 0 Å². The van der Waals surface area contributed by atoms with Gasteiger partial charge in [-0.15, -0.1) is 0 Å². The number of hydrogen-bond donors (Lipinski definition) is 2. The largest absolute Gasteiger partial charge is 0.398 e. The fourth-order valence-electron chi connectivity index (χ4n) is 2.77. The first-order valence-electron chi connectivity index (χ1n) is 6.16. The number of anilines is 1. The zero-order valence-electron chi connectivity index (χ0n) is 9.78. The van der Waals surface area contributed by atoms with Gasteiger partial charge in [0.15, 0.2) is 0 Å². The Bertz CT molecular complexity index is 452. The van der Waals surface area contributed by atoms with Crippen LogP contribution < -0.4 is 11.1 Å². The number of piperidine rings is 1. The molecule has 0 bridgehead atoms. The van der Waals surface area contributed by atoms with Crippen molar-refractivity contribution in [3.05, 3.63) is 29.3 Å². The quantitative estimate of drug-likeness (QED) is 0.708. The maximum Gasteiger partial charge on any atom is 0.254 e. The van der Waals surface area contributed by atoms with Gasteiger partial charge in [0, 0.05) is 35.9 Å². The standard InChI is InChI=1S/C13H17N3O/c14-12-5-1-4-10-11(12)8-16(13(10)17)9-3-2-6-15-7-9/h1,4-5,9,15H,2-3,6-8,14H2/t9-/m0/s1. The van der Waals surface area contributed by atoms with Gasteiger partial charge < -0.3 is 16.0 Å². The second-order valence-corrected chi connectivity index (χ2v) is 4.81. The molecule has 1 aromatic rings. The first kappa shape index (κ1) is 10.6. The highest BCUT2D eigenvalue weighted by Gasteiger charge is 2.33. The van der Waals surface area contributed by atoms with E-state index in [0.717, 1.165) is 42.7 Å². The van der Waals surface area contributed by atoms with Gasteiger partial charge in [-0.3, -0.25) is 4.79 Å². The summed E-state index contributed by atoms with van der Waals surface area (Å²) in [6, 6.07) is 5.93. The van der Waals surface area contributed by atoms with Crippen molar-refractivity contribution < 1.29 is 4.79 Å². The molecule has 1 amide bonds.